The van der Waals surface area contributed by atoms with Gasteiger partial charge in [-0.25, -0.2) is 0 Å². The Labute approximate surface area is 478 Å². The summed E-state index contributed by atoms with van der Waals surface area (Å²) in [6.45, 7) is 6.55. The lowest BCUT2D eigenvalue weighted by atomic mass is 10.0. The summed E-state index contributed by atoms with van der Waals surface area (Å²) < 4.78 is 17.0. The molecule has 0 spiro atoms. The van der Waals surface area contributed by atoms with E-state index >= 15 is 0 Å². The first kappa shape index (κ1) is 73.8. The molecular formula is C71H126O6. The number of esters is 3. The van der Waals surface area contributed by atoms with Gasteiger partial charge >= 0.3 is 17.9 Å². The molecular weight excluding hydrogens is 949 g/mol. The lowest BCUT2D eigenvalue weighted by Crippen LogP contribution is -2.30. The van der Waals surface area contributed by atoms with E-state index in [1.165, 1.54) is 212 Å². The third kappa shape index (κ3) is 63.6. The summed E-state index contributed by atoms with van der Waals surface area (Å²) in [5.41, 5.74) is 0. The van der Waals surface area contributed by atoms with E-state index in [0.717, 1.165) is 89.9 Å². The molecule has 6 heteroatoms. The molecule has 0 bridgehead atoms. The maximum absolute atomic E-state index is 12.9. The molecule has 0 fully saturated rings. The van der Waals surface area contributed by atoms with Gasteiger partial charge in [0.1, 0.15) is 13.2 Å². The zero-order valence-corrected chi connectivity index (χ0v) is 51.2. The number of carbonyl (C=O) groups excluding carboxylic acids is 3. The number of rotatable bonds is 61. The quantitative estimate of drug-likeness (QED) is 0.0261. The van der Waals surface area contributed by atoms with Crippen LogP contribution in [0.1, 0.15) is 342 Å². The molecule has 0 rings (SSSR count). The largest absolute Gasteiger partial charge is 0.462 e. The molecule has 77 heavy (non-hydrogen) atoms. The van der Waals surface area contributed by atoms with E-state index in [2.05, 4.69) is 93.7 Å². The Morgan fingerprint density at radius 2 is 0.506 bits per heavy atom. The van der Waals surface area contributed by atoms with Crippen LogP contribution in [0.25, 0.3) is 0 Å². The van der Waals surface area contributed by atoms with E-state index in [9.17, 15) is 14.4 Å². The van der Waals surface area contributed by atoms with Crippen LogP contribution >= 0.6 is 0 Å². The van der Waals surface area contributed by atoms with Gasteiger partial charge in [0.05, 0.1) is 0 Å². The summed E-state index contributed by atoms with van der Waals surface area (Å²) in [5.74, 6) is -0.875. The summed E-state index contributed by atoms with van der Waals surface area (Å²) in [4.78, 5) is 38.4. The molecule has 0 heterocycles. The molecule has 1 atom stereocenters. The fourth-order valence-electron chi connectivity index (χ4n) is 9.66. The minimum Gasteiger partial charge on any atom is -0.462 e. The van der Waals surface area contributed by atoms with Crippen LogP contribution in [0.4, 0.5) is 0 Å². The van der Waals surface area contributed by atoms with Gasteiger partial charge in [0, 0.05) is 19.3 Å². The van der Waals surface area contributed by atoms with Gasteiger partial charge in [-0.1, -0.05) is 286 Å². The van der Waals surface area contributed by atoms with Gasteiger partial charge in [-0.05, 0) is 109 Å². The Hall–Kier alpha value is -3.15. The van der Waals surface area contributed by atoms with Crippen molar-refractivity contribution in [2.24, 2.45) is 0 Å². The van der Waals surface area contributed by atoms with Crippen molar-refractivity contribution in [3.05, 3.63) is 72.9 Å². The van der Waals surface area contributed by atoms with Crippen LogP contribution in [0, 0.1) is 0 Å². The summed E-state index contributed by atoms with van der Waals surface area (Å²) in [6.07, 6.45) is 84.9. The second-order valence-electron chi connectivity index (χ2n) is 22.3. The van der Waals surface area contributed by atoms with Gasteiger partial charge in [-0.15, -0.1) is 0 Å². The number of carbonyl (C=O) groups is 3. The van der Waals surface area contributed by atoms with E-state index in [4.69, 9.17) is 14.2 Å². The smallest absolute Gasteiger partial charge is 0.306 e. The van der Waals surface area contributed by atoms with Crippen molar-refractivity contribution in [1.29, 1.82) is 0 Å². The third-order valence-electron chi connectivity index (χ3n) is 14.7. The Morgan fingerprint density at radius 1 is 0.273 bits per heavy atom. The molecule has 0 aromatic heterocycles. The molecule has 0 saturated carbocycles. The average Bonchev–Trinajstić information content (AvgIpc) is 3.43. The molecule has 0 aliphatic heterocycles. The fourth-order valence-corrected chi connectivity index (χ4v) is 9.66. The first-order valence-corrected chi connectivity index (χ1v) is 33.4. The molecule has 0 aliphatic rings. The van der Waals surface area contributed by atoms with E-state index < -0.39 is 6.10 Å². The van der Waals surface area contributed by atoms with Crippen LogP contribution in [0.3, 0.4) is 0 Å². The lowest BCUT2D eigenvalue weighted by molar-refractivity contribution is -0.167. The van der Waals surface area contributed by atoms with Crippen molar-refractivity contribution >= 4 is 17.9 Å². The molecule has 1 unspecified atom stereocenters. The molecule has 446 valence electrons. The standard InChI is InChI=1S/C71H126O6/c1-4-7-10-13-16-19-22-25-27-29-31-33-35-37-39-41-43-46-49-52-55-58-61-64-70(73)76-67-68(66-75-69(72)63-60-57-54-51-48-45-24-21-18-15-12-9-6-3)77-71(74)65-62-59-56-53-50-47-44-42-40-38-36-34-32-30-28-26-23-20-17-14-11-8-5-2/h7,10,16,19,21,24-25,27,30-33,68H,4-6,8-9,11-15,17-18,20,22-23,26,28-29,34-67H2,1-3H3/b10-7-,19-16-,24-21-,27-25-,32-30-,33-31-. The van der Waals surface area contributed by atoms with Crippen molar-refractivity contribution in [2.45, 2.75) is 348 Å². The SMILES string of the molecule is CC/C=C\C/C=C\C/C=C\C/C=C\CCCCCCCCCCCCC(=O)OCC(COC(=O)CCCCCCC/C=C\CCCCCC)OC(=O)CCCCCCCCCCCCC/C=C\CCCCCCCCCC. The van der Waals surface area contributed by atoms with E-state index in [1.807, 2.05) is 0 Å². The minimum atomic E-state index is -0.782. The second kappa shape index (κ2) is 65.4. The second-order valence-corrected chi connectivity index (χ2v) is 22.3. The Morgan fingerprint density at radius 3 is 0.818 bits per heavy atom. The van der Waals surface area contributed by atoms with Crippen LogP contribution in [0.15, 0.2) is 72.9 Å². The highest BCUT2D eigenvalue weighted by atomic mass is 16.6. The summed E-state index contributed by atoms with van der Waals surface area (Å²) in [6, 6.07) is 0. The summed E-state index contributed by atoms with van der Waals surface area (Å²) in [7, 11) is 0. The summed E-state index contributed by atoms with van der Waals surface area (Å²) >= 11 is 0. The van der Waals surface area contributed by atoms with Gasteiger partial charge in [-0.2, -0.15) is 0 Å². The highest BCUT2D eigenvalue weighted by molar-refractivity contribution is 5.71. The van der Waals surface area contributed by atoms with Gasteiger partial charge in [0.2, 0.25) is 0 Å². The van der Waals surface area contributed by atoms with Gasteiger partial charge < -0.3 is 14.2 Å². The average molecular weight is 1080 g/mol. The van der Waals surface area contributed by atoms with Gasteiger partial charge in [0.25, 0.3) is 0 Å². The molecule has 6 nitrogen and oxygen atoms in total. The van der Waals surface area contributed by atoms with Crippen LogP contribution < -0.4 is 0 Å². The number of hydrogen-bond donors (Lipinski definition) is 0. The Balaban J connectivity index is 4.30. The first-order chi connectivity index (χ1) is 38.0. The molecule has 0 aromatic rings. The molecule has 0 saturated heterocycles. The highest BCUT2D eigenvalue weighted by Crippen LogP contribution is 2.17. The third-order valence-corrected chi connectivity index (χ3v) is 14.7. The van der Waals surface area contributed by atoms with Crippen LogP contribution in [-0.2, 0) is 28.6 Å². The minimum absolute atomic E-state index is 0.0784. The monoisotopic (exact) mass is 1070 g/mol. The lowest BCUT2D eigenvalue weighted by Gasteiger charge is -2.18. The van der Waals surface area contributed by atoms with E-state index in [-0.39, 0.29) is 31.1 Å². The number of allylic oxidation sites excluding steroid dienone is 12. The van der Waals surface area contributed by atoms with Crippen molar-refractivity contribution in [2.75, 3.05) is 13.2 Å². The first-order valence-electron chi connectivity index (χ1n) is 33.4. The molecule has 0 radical (unpaired) electrons. The van der Waals surface area contributed by atoms with Crippen LogP contribution in [0.2, 0.25) is 0 Å². The zero-order chi connectivity index (χ0) is 55.7. The normalized spacial score (nSPS) is 12.5. The molecule has 0 aliphatic carbocycles. The van der Waals surface area contributed by atoms with Gasteiger partial charge in [0.15, 0.2) is 6.10 Å². The maximum atomic E-state index is 12.9. The Kier molecular flexibility index (Phi) is 62.7. The van der Waals surface area contributed by atoms with E-state index in [1.54, 1.807) is 0 Å². The number of hydrogen-bond acceptors (Lipinski definition) is 6. The molecule has 0 N–H and O–H groups in total. The summed E-state index contributed by atoms with van der Waals surface area (Å²) in [5, 5.41) is 0. The van der Waals surface area contributed by atoms with Crippen molar-refractivity contribution in [3.8, 4) is 0 Å². The predicted molar refractivity (Wildman–Crippen MR) is 335 cm³/mol. The van der Waals surface area contributed by atoms with Crippen molar-refractivity contribution < 1.29 is 28.6 Å². The van der Waals surface area contributed by atoms with Crippen molar-refractivity contribution in [3.63, 3.8) is 0 Å². The molecule has 0 aromatic carbocycles. The number of ether oxygens (including phenoxy) is 3. The molecule has 0 amide bonds. The fraction of sp³-hybridized carbons (Fsp3) is 0.789. The Bertz CT molecular complexity index is 1420. The predicted octanol–water partition coefficient (Wildman–Crippen LogP) is 22.9. The van der Waals surface area contributed by atoms with Crippen LogP contribution in [0.5, 0.6) is 0 Å². The topological polar surface area (TPSA) is 78.9 Å². The zero-order valence-electron chi connectivity index (χ0n) is 51.2. The van der Waals surface area contributed by atoms with E-state index in [0.29, 0.717) is 19.3 Å². The maximum Gasteiger partial charge on any atom is 0.306 e. The van der Waals surface area contributed by atoms with Gasteiger partial charge in [-0.3, -0.25) is 14.4 Å². The van der Waals surface area contributed by atoms with Crippen LogP contribution in [-0.4, -0.2) is 37.2 Å². The highest BCUT2D eigenvalue weighted by Gasteiger charge is 2.19. The number of unbranched alkanes of at least 4 members (excludes halogenated alkanes) is 38. The van der Waals surface area contributed by atoms with Crippen molar-refractivity contribution in [1.82, 2.24) is 0 Å².